The number of halogens is 1. The normalized spacial score (nSPS) is 10.2. The van der Waals surface area contributed by atoms with Gasteiger partial charge in [-0.3, -0.25) is 10.1 Å². The van der Waals surface area contributed by atoms with Crippen molar-refractivity contribution in [2.75, 3.05) is 5.32 Å². The Bertz CT molecular complexity index is 670. The molecule has 2 amide bonds. The number of rotatable bonds is 4. The minimum atomic E-state index is -0.744. The minimum Gasteiger partial charge on any atom is -0.467 e. The molecule has 0 saturated heterocycles. The molecule has 1 aromatic heterocycles. The van der Waals surface area contributed by atoms with E-state index in [1.54, 1.807) is 12.1 Å². The van der Waals surface area contributed by atoms with Crippen molar-refractivity contribution < 1.29 is 18.5 Å². The molecule has 7 nitrogen and oxygen atoms in total. The Labute approximate surface area is 118 Å². The van der Waals surface area contributed by atoms with Crippen LogP contribution in [0.2, 0.25) is 0 Å². The van der Waals surface area contributed by atoms with Gasteiger partial charge >= 0.3 is 6.03 Å². The Balaban J connectivity index is 2.09. The van der Waals surface area contributed by atoms with Crippen LogP contribution in [0.3, 0.4) is 0 Å². The lowest BCUT2D eigenvalue weighted by molar-refractivity contribution is -0.385. The molecular formula is C13H12FN3O4. The molecule has 2 aromatic rings. The monoisotopic (exact) mass is 293 g/mol. The summed E-state index contributed by atoms with van der Waals surface area (Å²) in [7, 11) is 0. The second kappa shape index (κ2) is 6.04. The lowest BCUT2D eigenvalue weighted by Crippen LogP contribution is -2.28. The van der Waals surface area contributed by atoms with E-state index in [2.05, 4.69) is 10.6 Å². The molecule has 0 aliphatic heterocycles. The first-order valence-electron chi connectivity index (χ1n) is 5.99. The predicted molar refractivity (Wildman–Crippen MR) is 72.4 cm³/mol. The third-order valence-corrected chi connectivity index (χ3v) is 2.82. The van der Waals surface area contributed by atoms with Crippen molar-refractivity contribution in [3.63, 3.8) is 0 Å². The second-order valence-corrected chi connectivity index (χ2v) is 4.21. The van der Waals surface area contributed by atoms with Gasteiger partial charge in [0.05, 0.1) is 29.0 Å². The maximum atomic E-state index is 13.7. The number of urea groups is 1. The highest BCUT2D eigenvalue weighted by Crippen LogP contribution is 2.28. The van der Waals surface area contributed by atoms with E-state index < -0.39 is 16.8 Å². The third-order valence-electron chi connectivity index (χ3n) is 2.82. The van der Waals surface area contributed by atoms with Gasteiger partial charge < -0.3 is 15.1 Å². The van der Waals surface area contributed by atoms with Gasteiger partial charge in [0.15, 0.2) is 0 Å². The van der Waals surface area contributed by atoms with Crippen LogP contribution in [0.4, 0.5) is 20.6 Å². The highest BCUT2D eigenvalue weighted by molar-refractivity contribution is 5.90. The van der Waals surface area contributed by atoms with Crippen molar-refractivity contribution in [3.8, 4) is 0 Å². The Morgan fingerprint density at radius 1 is 1.43 bits per heavy atom. The zero-order valence-corrected chi connectivity index (χ0v) is 11.1. The van der Waals surface area contributed by atoms with Crippen molar-refractivity contribution in [2.45, 2.75) is 13.5 Å². The fourth-order valence-corrected chi connectivity index (χ4v) is 1.76. The Kier molecular flexibility index (Phi) is 4.17. The maximum Gasteiger partial charge on any atom is 0.319 e. The highest BCUT2D eigenvalue weighted by atomic mass is 19.1. The summed E-state index contributed by atoms with van der Waals surface area (Å²) in [6.07, 6.45) is 1.46. The molecule has 0 saturated carbocycles. The lowest BCUT2D eigenvalue weighted by Gasteiger charge is -2.10. The van der Waals surface area contributed by atoms with Crippen molar-refractivity contribution in [2.24, 2.45) is 0 Å². The van der Waals surface area contributed by atoms with Crippen LogP contribution in [0, 0.1) is 22.9 Å². The Morgan fingerprint density at radius 2 is 2.19 bits per heavy atom. The van der Waals surface area contributed by atoms with E-state index in [1.807, 2.05) is 0 Å². The summed E-state index contributed by atoms with van der Waals surface area (Å²) in [5.74, 6) is -0.215. The Morgan fingerprint density at radius 3 is 2.81 bits per heavy atom. The van der Waals surface area contributed by atoms with E-state index in [9.17, 15) is 19.3 Å². The number of hydrogen-bond donors (Lipinski definition) is 2. The molecular weight excluding hydrogens is 281 g/mol. The fraction of sp³-hybridized carbons (Fsp3) is 0.154. The standard InChI is InChI=1S/C13H12FN3O4/c1-8-11(17(19)20)5-4-10(14)12(8)16-13(18)15-7-9-3-2-6-21-9/h2-6H,7H2,1H3,(H2,15,16,18). The van der Waals surface area contributed by atoms with E-state index in [-0.39, 0.29) is 23.5 Å². The van der Waals surface area contributed by atoms with Gasteiger partial charge in [-0.15, -0.1) is 0 Å². The summed E-state index contributed by atoms with van der Waals surface area (Å²) in [5, 5.41) is 15.5. The summed E-state index contributed by atoms with van der Waals surface area (Å²) < 4.78 is 18.7. The van der Waals surface area contributed by atoms with Crippen LogP contribution < -0.4 is 10.6 Å². The SMILES string of the molecule is Cc1c([N+](=O)[O-])ccc(F)c1NC(=O)NCc1ccco1. The predicted octanol–water partition coefficient (Wildman–Crippen LogP) is 2.96. The Hall–Kier alpha value is -2.90. The molecule has 1 heterocycles. The molecule has 21 heavy (non-hydrogen) atoms. The van der Waals surface area contributed by atoms with Crippen LogP contribution in [0.15, 0.2) is 34.9 Å². The van der Waals surface area contributed by atoms with Gasteiger partial charge in [0.1, 0.15) is 11.6 Å². The van der Waals surface area contributed by atoms with Crippen molar-refractivity contribution in [1.82, 2.24) is 5.32 Å². The number of furan rings is 1. The van der Waals surface area contributed by atoms with Crippen LogP contribution >= 0.6 is 0 Å². The van der Waals surface area contributed by atoms with Gasteiger partial charge in [0, 0.05) is 6.07 Å². The molecule has 0 aliphatic rings. The largest absolute Gasteiger partial charge is 0.467 e. The number of benzene rings is 1. The number of hydrogen-bond acceptors (Lipinski definition) is 4. The third kappa shape index (κ3) is 3.35. The summed E-state index contributed by atoms with van der Waals surface area (Å²) >= 11 is 0. The number of amides is 2. The summed E-state index contributed by atoms with van der Waals surface area (Å²) in [6, 6.07) is 4.64. The smallest absolute Gasteiger partial charge is 0.319 e. The van der Waals surface area contributed by atoms with Gasteiger partial charge in [-0.1, -0.05) is 0 Å². The van der Waals surface area contributed by atoms with Gasteiger partial charge in [0.25, 0.3) is 5.69 Å². The van der Waals surface area contributed by atoms with E-state index >= 15 is 0 Å². The summed E-state index contributed by atoms with van der Waals surface area (Å²) in [4.78, 5) is 21.8. The quantitative estimate of drug-likeness (QED) is 0.669. The summed E-state index contributed by atoms with van der Waals surface area (Å²) in [5.41, 5.74) is -0.438. The molecule has 110 valence electrons. The van der Waals surface area contributed by atoms with Crippen LogP contribution in [0.25, 0.3) is 0 Å². The average Bonchev–Trinajstić information content (AvgIpc) is 2.94. The second-order valence-electron chi connectivity index (χ2n) is 4.21. The van der Waals surface area contributed by atoms with Crippen molar-refractivity contribution in [3.05, 3.63) is 57.8 Å². The van der Waals surface area contributed by atoms with Gasteiger partial charge in [-0.25, -0.2) is 9.18 Å². The summed E-state index contributed by atoms with van der Waals surface area (Å²) in [6.45, 7) is 1.48. The molecule has 0 atom stereocenters. The highest BCUT2D eigenvalue weighted by Gasteiger charge is 2.19. The fourth-order valence-electron chi connectivity index (χ4n) is 1.76. The van der Waals surface area contributed by atoms with Gasteiger partial charge in [0.2, 0.25) is 0 Å². The zero-order chi connectivity index (χ0) is 15.4. The molecule has 0 unspecified atom stereocenters. The zero-order valence-electron chi connectivity index (χ0n) is 11.1. The number of nitrogens with one attached hydrogen (secondary N) is 2. The molecule has 2 N–H and O–H groups in total. The lowest BCUT2D eigenvalue weighted by atomic mass is 10.1. The van der Waals surface area contributed by atoms with E-state index in [1.165, 1.54) is 13.2 Å². The molecule has 2 rings (SSSR count). The topological polar surface area (TPSA) is 97.4 Å². The minimum absolute atomic E-state index is 0.0492. The molecule has 0 fully saturated rings. The van der Waals surface area contributed by atoms with Crippen LogP contribution in [0.1, 0.15) is 11.3 Å². The van der Waals surface area contributed by atoms with Crippen LogP contribution in [-0.4, -0.2) is 11.0 Å². The van der Waals surface area contributed by atoms with Crippen molar-refractivity contribution >= 4 is 17.4 Å². The molecule has 0 bridgehead atoms. The number of nitro benzene ring substituents is 1. The van der Waals surface area contributed by atoms with E-state index in [4.69, 9.17) is 4.42 Å². The number of anilines is 1. The first-order chi connectivity index (χ1) is 9.99. The van der Waals surface area contributed by atoms with E-state index in [0.29, 0.717) is 5.76 Å². The number of nitro groups is 1. The van der Waals surface area contributed by atoms with Gasteiger partial charge in [-0.2, -0.15) is 0 Å². The van der Waals surface area contributed by atoms with Crippen LogP contribution in [-0.2, 0) is 6.54 Å². The maximum absolute atomic E-state index is 13.7. The van der Waals surface area contributed by atoms with Crippen molar-refractivity contribution in [1.29, 1.82) is 0 Å². The van der Waals surface area contributed by atoms with Gasteiger partial charge in [-0.05, 0) is 25.1 Å². The van der Waals surface area contributed by atoms with Crippen LogP contribution in [0.5, 0.6) is 0 Å². The average molecular weight is 293 g/mol. The molecule has 8 heteroatoms. The first kappa shape index (κ1) is 14.5. The molecule has 0 spiro atoms. The number of carbonyl (C=O) groups is 1. The molecule has 1 aromatic carbocycles. The first-order valence-corrected chi connectivity index (χ1v) is 5.99. The number of carbonyl (C=O) groups excluding carboxylic acids is 1. The van der Waals surface area contributed by atoms with E-state index in [0.717, 1.165) is 12.1 Å². The molecule has 0 radical (unpaired) electrons. The molecule has 0 aliphatic carbocycles. The number of nitrogens with zero attached hydrogens (tertiary/aromatic N) is 1.